The van der Waals surface area contributed by atoms with Crippen molar-refractivity contribution in [2.75, 3.05) is 7.11 Å². The molecule has 0 saturated carbocycles. The maximum Gasteiger partial charge on any atom is 0.198 e. The first-order valence-corrected chi connectivity index (χ1v) is 3.25. The molecule has 1 aromatic rings. The molecule has 0 amide bonds. The lowest BCUT2D eigenvalue weighted by molar-refractivity contribution is 0.351. The van der Waals surface area contributed by atoms with Crippen LogP contribution in [0.15, 0.2) is 12.1 Å². The first-order chi connectivity index (χ1) is 5.16. The highest BCUT2D eigenvalue weighted by molar-refractivity contribution is 6.30. The van der Waals surface area contributed by atoms with E-state index in [9.17, 15) is 4.39 Å². The van der Waals surface area contributed by atoms with Gasteiger partial charge in [-0.25, -0.2) is 4.39 Å². The molecule has 0 radical (unpaired) electrons. The first kappa shape index (κ1) is 8.14. The Morgan fingerprint density at radius 3 is 2.64 bits per heavy atom. The molecule has 0 fully saturated rings. The summed E-state index contributed by atoms with van der Waals surface area (Å²) in [5, 5.41) is 8.92. The van der Waals surface area contributed by atoms with Crippen molar-refractivity contribution < 1.29 is 14.2 Å². The Hall–Kier alpha value is -0.960. The molecular weight excluding hydrogens is 171 g/mol. The number of benzene rings is 1. The van der Waals surface area contributed by atoms with Gasteiger partial charge in [0.1, 0.15) is 0 Å². The molecule has 1 rings (SSSR count). The first-order valence-electron chi connectivity index (χ1n) is 2.87. The summed E-state index contributed by atoms with van der Waals surface area (Å²) in [6.07, 6.45) is 0. The average Bonchev–Trinajstić information content (AvgIpc) is 1.99. The molecule has 1 N–H and O–H groups in total. The minimum absolute atomic E-state index is 0.0698. The number of hydrogen-bond donors (Lipinski definition) is 1. The molecule has 0 heterocycles. The van der Waals surface area contributed by atoms with Gasteiger partial charge in [-0.2, -0.15) is 0 Å². The molecule has 0 unspecified atom stereocenters. The molecule has 0 bridgehead atoms. The molecule has 11 heavy (non-hydrogen) atoms. The zero-order valence-electron chi connectivity index (χ0n) is 5.77. The smallest absolute Gasteiger partial charge is 0.198 e. The van der Waals surface area contributed by atoms with Gasteiger partial charge in [0, 0.05) is 0 Å². The molecule has 0 aliphatic heterocycles. The number of rotatable bonds is 1. The summed E-state index contributed by atoms with van der Waals surface area (Å²) < 4.78 is 17.4. The third kappa shape index (κ3) is 1.38. The second-order valence-corrected chi connectivity index (χ2v) is 2.32. The number of hydrogen-bond acceptors (Lipinski definition) is 2. The molecule has 2 nitrogen and oxygen atoms in total. The van der Waals surface area contributed by atoms with E-state index in [4.69, 9.17) is 16.7 Å². The Morgan fingerprint density at radius 2 is 2.18 bits per heavy atom. The van der Waals surface area contributed by atoms with Crippen molar-refractivity contribution in [2.24, 2.45) is 0 Å². The molecular formula is C7H6ClFO2. The fourth-order valence-electron chi connectivity index (χ4n) is 0.716. The number of ether oxygens (including phenoxy) is 1. The molecule has 0 spiro atoms. The van der Waals surface area contributed by atoms with Gasteiger partial charge in [-0.3, -0.25) is 0 Å². The summed E-state index contributed by atoms with van der Waals surface area (Å²) in [5.41, 5.74) is 0. The van der Waals surface area contributed by atoms with Gasteiger partial charge >= 0.3 is 0 Å². The quantitative estimate of drug-likeness (QED) is 0.711. The van der Waals surface area contributed by atoms with E-state index in [1.165, 1.54) is 19.2 Å². The monoisotopic (exact) mass is 176 g/mol. The zero-order chi connectivity index (χ0) is 8.43. The summed E-state index contributed by atoms with van der Waals surface area (Å²) in [6.45, 7) is 0. The van der Waals surface area contributed by atoms with Crippen molar-refractivity contribution in [1.82, 2.24) is 0 Å². The largest absolute Gasteiger partial charge is 0.504 e. The lowest BCUT2D eigenvalue weighted by Crippen LogP contribution is -1.88. The molecule has 1 aromatic carbocycles. The Labute approximate surface area is 68.2 Å². The Morgan fingerprint density at radius 1 is 1.55 bits per heavy atom. The third-order valence-corrected chi connectivity index (χ3v) is 1.53. The van der Waals surface area contributed by atoms with Crippen molar-refractivity contribution in [3.8, 4) is 11.5 Å². The van der Waals surface area contributed by atoms with Crippen LogP contribution >= 0.6 is 11.6 Å². The Kier molecular flexibility index (Phi) is 2.19. The number of phenols is 1. The third-order valence-electron chi connectivity index (χ3n) is 1.23. The summed E-state index contributed by atoms with van der Waals surface area (Å²) >= 11 is 5.40. The van der Waals surface area contributed by atoms with Crippen molar-refractivity contribution in [2.45, 2.75) is 0 Å². The lowest BCUT2D eigenvalue weighted by Gasteiger charge is -2.04. The number of phenolic OH excluding ortho intramolecular Hbond substituents is 1. The van der Waals surface area contributed by atoms with E-state index >= 15 is 0 Å². The van der Waals surface area contributed by atoms with Crippen LogP contribution in [-0.2, 0) is 0 Å². The molecule has 0 saturated heterocycles. The van der Waals surface area contributed by atoms with Gasteiger partial charge in [-0.1, -0.05) is 11.6 Å². The van der Waals surface area contributed by atoms with Crippen molar-refractivity contribution in [3.63, 3.8) is 0 Å². The van der Waals surface area contributed by atoms with Gasteiger partial charge in [0.15, 0.2) is 17.3 Å². The van der Waals surface area contributed by atoms with Gasteiger partial charge in [0.2, 0.25) is 0 Å². The van der Waals surface area contributed by atoms with Crippen LogP contribution in [0.1, 0.15) is 0 Å². The van der Waals surface area contributed by atoms with Crippen LogP contribution < -0.4 is 4.74 Å². The van der Waals surface area contributed by atoms with Crippen LogP contribution in [0.2, 0.25) is 5.02 Å². The SMILES string of the molecule is COc1c(O)ccc(Cl)c1F. The van der Waals surface area contributed by atoms with Gasteiger partial charge in [0.25, 0.3) is 0 Å². The summed E-state index contributed by atoms with van der Waals surface area (Å²) in [4.78, 5) is 0. The van der Waals surface area contributed by atoms with E-state index in [2.05, 4.69) is 4.74 Å². The van der Waals surface area contributed by atoms with E-state index in [1.807, 2.05) is 0 Å². The fraction of sp³-hybridized carbons (Fsp3) is 0.143. The van der Waals surface area contributed by atoms with E-state index in [0.717, 1.165) is 0 Å². The highest BCUT2D eigenvalue weighted by Gasteiger charge is 2.11. The van der Waals surface area contributed by atoms with Crippen LogP contribution in [0.4, 0.5) is 4.39 Å². The molecule has 0 atom stereocenters. The highest BCUT2D eigenvalue weighted by atomic mass is 35.5. The molecule has 0 aliphatic carbocycles. The predicted molar refractivity (Wildman–Crippen MR) is 39.6 cm³/mol. The standard InChI is InChI=1S/C7H6ClFO2/c1-11-7-5(10)3-2-4(8)6(7)9/h2-3,10H,1H3. The minimum Gasteiger partial charge on any atom is -0.504 e. The van der Waals surface area contributed by atoms with E-state index in [1.54, 1.807) is 0 Å². The van der Waals surface area contributed by atoms with Crippen molar-refractivity contribution in [1.29, 1.82) is 0 Å². The topological polar surface area (TPSA) is 29.5 Å². The van der Waals surface area contributed by atoms with Crippen LogP contribution in [0.5, 0.6) is 11.5 Å². The minimum atomic E-state index is -0.742. The van der Waals surface area contributed by atoms with E-state index in [-0.39, 0.29) is 16.5 Å². The van der Waals surface area contributed by atoms with Gasteiger partial charge < -0.3 is 9.84 Å². The maximum absolute atomic E-state index is 12.8. The number of aromatic hydroxyl groups is 1. The summed E-state index contributed by atoms with van der Waals surface area (Å²) in [5.74, 6) is -1.22. The number of halogens is 2. The van der Waals surface area contributed by atoms with Crippen LogP contribution in [0, 0.1) is 5.82 Å². The molecule has 0 aliphatic rings. The molecule has 4 heteroatoms. The second-order valence-electron chi connectivity index (χ2n) is 1.91. The lowest BCUT2D eigenvalue weighted by atomic mass is 10.3. The summed E-state index contributed by atoms with van der Waals surface area (Å²) in [6, 6.07) is 2.53. The van der Waals surface area contributed by atoms with Crippen LogP contribution in [-0.4, -0.2) is 12.2 Å². The molecule has 60 valence electrons. The van der Waals surface area contributed by atoms with Crippen molar-refractivity contribution >= 4 is 11.6 Å². The van der Waals surface area contributed by atoms with Gasteiger partial charge in [0.05, 0.1) is 12.1 Å². The highest BCUT2D eigenvalue weighted by Crippen LogP contribution is 2.32. The second kappa shape index (κ2) is 2.96. The zero-order valence-corrected chi connectivity index (χ0v) is 6.52. The average molecular weight is 177 g/mol. The maximum atomic E-state index is 12.8. The fourth-order valence-corrected chi connectivity index (χ4v) is 0.865. The van der Waals surface area contributed by atoms with E-state index < -0.39 is 5.82 Å². The Balaban J connectivity index is 3.29. The van der Waals surface area contributed by atoms with Crippen LogP contribution in [0.3, 0.4) is 0 Å². The predicted octanol–water partition coefficient (Wildman–Crippen LogP) is 2.19. The van der Waals surface area contributed by atoms with Gasteiger partial charge in [-0.15, -0.1) is 0 Å². The van der Waals surface area contributed by atoms with Crippen molar-refractivity contribution in [3.05, 3.63) is 23.0 Å². The van der Waals surface area contributed by atoms with Gasteiger partial charge in [-0.05, 0) is 12.1 Å². The number of methoxy groups -OCH3 is 1. The summed E-state index contributed by atoms with van der Waals surface area (Å²) in [7, 11) is 1.26. The van der Waals surface area contributed by atoms with E-state index in [0.29, 0.717) is 0 Å². The normalized spacial score (nSPS) is 9.73. The van der Waals surface area contributed by atoms with Crippen LogP contribution in [0.25, 0.3) is 0 Å². The molecule has 0 aromatic heterocycles. The Bertz CT molecular complexity index is 275.